The number of aromatic nitrogens is 4. The van der Waals surface area contributed by atoms with Crippen molar-refractivity contribution in [2.24, 2.45) is 22.5 Å². The first-order valence-electron chi connectivity index (χ1n) is 46.3. The number of likely N-dealkylation sites (N-methyl/N-ethyl adjacent to an activating group) is 1. The van der Waals surface area contributed by atoms with Gasteiger partial charge in [-0.1, -0.05) is 214 Å². The molecule has 4 aromatic carbocycles. The molecule has 778 valence electrons. The van der Waals surface area contributed by atoms with Gasteiger partial charge in [0.1, 0.15) is 11.6 Å². The summed E-state index contributed by atoms with van der Waals surface area (Å²) in [5, 5.41) is 8.46. The molecule has 0 saturated carbocycles. The second kappa shape index (κ2) is 77.6. The number of methoxy groups -OCH3 is 1. The molecule has 1 unspecified atom stereocenters. The van der Waals surface area contributed by atoms with Crippen molar-refractivity contribution < 1.29 is 35.9 Å². The molecule has 0 aliphatic carbocycles. The number of nitrogens with two attached hydrogens (primary N) is 3. The summed E-state index contributed by atoms with van der Waals surface area (Å²) in [4.78, 5) is 49.8. The lowest BCUT2D eigenvalue weighted by atomic mass is 9.97. The molecule has 0 bridgehead atoms. The fourth-order valence-corrected chi connectivity index (χ4v) is 16.9. The minimum atomic E-state index is -3.58. The Hall–Kier alpha value is -6.34. The second-order valence-corrected chi connectivity index (χ2v) is 40.3. The van der Waals surface area contributed by atoms with Gasteiger partial charge in [0.25, 0.3) is 0 Å². The van der Waals surface area contributed by atoms with Crippen LogP contribution in [-0.2, 0) is 65.1 Å². The normalized spacial score (nSPS) is 15.2. The van der Waals surface area contributed by atoms with Gasteiger partial charge >= 0.3 is 0 Å². The van der Waals surface area contributed by atoms with Gasteiger partial charge in [-0.05, 0) is 259 Å². The molecule has 6 aromatic rings. The Labute approximate surface area is 821 Å². The summed E-state index contributed by atoms with van der Waals surface area (Å²) in [6.07, 6.45) is 17.1. The highest BCUT2D eigenvalue weighted by Crippen LogP contribution is 2.26. The third-order valence-corrected chi connectivity index (χ3v) is 24.1. The topological polar surface area (TPSA) is 273 Å². The zero-order valence-electron chi connectivity index (χ0n) is 83.5. The number of benzene rings is 4. The van der Waals surface area contributed by atoms with E-state index in [-0.39, 0.29) is 88.0 Å². The molecule has 5 saturated heterocycles. The third kappa shape index (κ3) is 58.2. The lowest BCUT2D eigenvalue weighted by Gasteiger charge is -2.27. The van der Waals surface area contributed by atoms with Crippen molar-refractivity contribution in [3.05, 3.63) is 167 Å². The Morgan fingerprint density at radius 1 is 0.481 bits per heavy atom. The average Bonchev–Trinajstić information content (AvgIpc) is 1.50. The van der Waals surface area contributed by atoms with Crippen molar-refractivity contribution in [3.63, 3.8) is 0 Å². The van der Waals surface area contributed by atoms with Crippen molar-refractivity contribution in [1.29, 1.82) is 0 Å². The first-order valence-corrected chi connectivity index (χ1v) is 49.8. The summed E-state index contributed by atoms with van der Waals surface area (Å²) in [7, 11) is 5.67. The Kier molecular flexibility index (Phi) is 82.8. The van der Waals surface area contributed by atoms with Crippen molar-refractivity contribution in [2.75, 3.05) is 147 Å². The molecule has 7 heterocycles. The van der Waals surface area contributed by atoms with Crippen LogP contribution in [0.4, 0.5) is 0 Å². The standard InChI is InChI=1S/C12H19N.C10H15N.C10H14O2S.C9H17N3.C9H20N2.C9H13NO2S.C9H19NO.C8H18N2.C8H15NO2.C8H15NO.C7H13N3.8CH4/c1-10(2)12-8-6-5-7-11(12)9-13(3)4;1-8(2)10-6-4-3-5-9(10)7-11;1-8(2)9-6-4-5-7-10(9)13(3,11)12;1-8(2)12-6-5-10-9(12)7-11(3)4;1-9(2)11-6-4-5-10(3)7-8-11;1-7(2)8-5-3-4-6-9(8)13(10,11)12;1-8(2)10-6-4-5-9(10)7-11-3;1-8(2)10-6-3-4-9-5-7-10;1-7(2)9-4-6-11-5-3-8(9)10;1-7(2)8(10)9-5-3-4-6-9;1-6(2)10-4-3-9-7(10)5-8;;;;;;;;/h5-8,10H,9H2,1-4H3;3-6,8H,7,11H2,1-2H3;4-8H,1-3H3;5-6,8H,7H2,1-4H3;9H,4-8H2,1-3H3;3-7H,1-2H3,(H2,10,11,12);8-9H,4-7H2,1-3H3;8-9H,3-7H2,1-2H3;7H,3-6H2,1-2H3;7H,3-6H2,1-2H3;3-4,6H,5,8H2,1-2H3;8*1H4. The van der Waals surface area contributed by atoms with Crippen molar-refractivity contribution in [1.82, 2.24) is 63.6 Å². The molecule has 0 spiro atoms. The Bertz CT molecular complexity index is 3960. The number of primary sulfonamides is 1. The van der Waals surface area contributed by atoms with Gasteiger partial charge in [-0.25, -0.2) is 31.9 Å². The van der Waals surface area contributed by atoms with Gasteiger partial charge in [-0.3, -0.25) is 24.3 Å². The number of carbonyl (C=O) groups is 2. The van der Waals surface area contributed by atoms with E-state index in [9.17, 15) is 26.4 Å². The molecule has 2 aromatic heterocycles. The van der Waals surface area contributed by atoms with Gasteiger partial charge in [-0.15, -0.1) is 0 Å². The minimum Gasteiger partial charge on any atom is -0.383 e. The lowest BCUT2D eigenvalue weighted by Crippen LogP contribution is -2.37. The van der Waals surface area contributed by atoms with Gasteiger partial charge < -0.3 is 59.9 Å². The molecule has 5 fully saturated rings. The molecule has 24 nitrogen and oxygen atoms in total. The molecule has 2 amide bonds. The van der Waals surface area contributed by atoms with E-state index in [4.69, 9.17) is 26.1 Å². The van der Waals surface area contributed by atoms with Crippen LogP contribution >= 0.6 is 0 Å². The van der Waals surface area contributed by atoms with E-state index in [1.54, 1.807) is 37.6 Å². The van der Waals surface area contributed by atoms with Crippen LogP contribution in [0.1, 0.15) is 337 Å². The summed E-state index contributed by atoms with van der Waals surface area (Å²) < 4.78 is 59.6. The number of nitrogens with zero attached hydrogens (tertiary/aromatic N) is 12. The van der Waals surface area contributed by atoms with Crippen LogP contribution in [0.15, 0.2) is 132 Å². The second-order valence-electron chi connectivity index (χ2n) is 36.8. The predicted octanol–water partition coefficient (Wildman–Crippen LogP) is 21.5. The minimum absolute atomic E-state index is 0. The number of rotatable bonds is 21. The number of hydrogen-bond donors (Lipinski definition) is 4. The molecular weight excluding hydrogens is 1700 g/mol. The largest absolute Gasteiger partial charge is 0.383 e. The van der Waals surface area contributed by atoms with E-state index < -0.39 is 19.9 Å². The third-order valence-electron chi connectivity index (χ3n) is 21.9. The number of ether oxygens (including phenoxy) is 2. The van der Waals surface area contributed by atoms with Crippen LogP contribution in [0.2, 0.25) is 0 Å². The Morgan fingerprint density at radius 2 is 0.925 bits per heavy atom. The maximum atomic E-state index is 11.4. The van der Waals surface area contributed by atoms with Crippen molar-refractivity contribution in [2.45, 2.75) is 359 Å². The molecule has 26 heteroatoms. The van der Waals surface area contributed by atoms with E-state index in [0.29, 0.717) is 85.6 Å². The number of sulfone groups is 1. The summed E-state index contributed by atoms with van der Waals surface area (Å²) in [5.41, 5.74) is 18.3. The summed E-state index contributed by atoms with van der Waals surface area (Å²) in [6.45, 7) is 66.0. The maximum Gasteiger partial charge on any atom is 0.238 e. The fraction of sp³-hybridized carbons (Fsp3) is 0.701. The molecule has 5 aliphatic heterocycles. The van der Waals surface area contributed by atoms with Crippen LogP contribution in [0.25, 0.3) is 0 Å². The zero-order valence-corrected chi connectivity index (χ0v) is 85.2. The van der Waals surface area contributed by atoms with Gasteiger partial charge in [0.15, 0.2) is 9.84 Å². The molecule has 0 radical (unpaired) electrons. The molecular formula is C107H210N16O8S2. The highest BCUT2D eigenvalue weighted by atomic mass is 32.2. The first kappa shape index (κ1) is 142. The van der Waals surface area contributed by atoms with Gasteiger partial charge in [0.05, 0.1) is 49.1 Å². The highest BCUT2D eigenvalue weighted by Gasteiger charge is 2.27. The SMILES string of the molecule is C.C.C.C.C.C.C.C.CC(C)C(=O)N1CCCC1.CC(C)N1CCCN(C)CC1.CC(C)N1CCCNCC1.CC(C)N1CCOCCC1=O.CC(C)c1ccccc1CN.CC(C)c1ccccc1CN(C)C.CC(C)c1ccccc1S(C)(=O)=O.CC(C)c1ccccc1S(N)(=O)=O.CC(C)n1ccnc1CN.CC(C)n1ccnc1CN(C)C.COCC1CCCN1C(C)C. The number of nitrogens with one attached hydrogen (secondary N) is 1. The van der Waals surface area contributed by atoms with Gasteiger partial charge in [0.2, 0.25) is 21.8 Å². The highest BCUT2D eigenvalue weighted by molar-refractivity contribution is 7.90. The quantitative estimate of drug-likeness (QED) is 0.0521. The smallest absolute Gasteiger partial charge is 0.238 e. The average molecular weight is 1910 g/mol. The summed E-state index contributed by atoms with van der Waals surface area (Å²) >= 11 is 0. The summed E-state index contributed by atoms with van der Waals surface area (Å²) in [5.74, 6) is 4.41. The predicted molar refractivity (Wildman–Crippen MR) is 579 cm³/mol. The van der Waals surface area contributed by atoms with E-state index in [2.05, 4.69) is 228 Å². The Morgan fingerprint density at radius 3 is 1.33 bits per heavy atom. The van der Waals surface area contributed by atoms with E-state index in [1.807, 2.05) is 108 Å². The van der Waals surface area contributed by atoms with E-state index in [0.717, 1.165) is 80.7 Å². The number of sulfonamides is 1. The van der Waals surface area contributed by atoms with Gasteiger partial charge in [-0.2, -0.15) is 0 Å². The molecule has 1 atom stereocenters. The zero-order chi connectivity index (χ0) is 94.7. The molecule has 133 heavy (non-hydrogen) atoms. The lowest BCUT2D eigenvalue weighted by molar-refractivity contribution is -0.133. The number of carbonyl (C=O) groups excluding carboxylic acids is 2. The molecule has 11 rings (SSSR count). The summed E-state index contributed by atoms with van der Waals surface area (Å²) in [6, 6.07) is 35.0. The Balaban J connectivity index is -0.000000214. The van der Waals surface area contributed by atoms with Crippen LogP contribution in [0, 0.1) is 5.92 Å². The van der Waals surface area contributed by atoms with Gasteiger partial charge in [0, 0.05) is 145 Å². The fourth-order valence-electron chi connectivity index (χ4n) is 15.0. The molecule has 5 aliphatic rings. The number of amides is 2. The van der Waals surface area contributed by atoms with Crippen LogP contribution in [0.5, 0.6) is 0 Å². The van der Waals surface area contributed by atoms with Crippen LogP contribution in [0.3, 0.4) is 0 Å². The van der Waals surface area contributed by atoms with Crippen molar-refractivity contribution >= 4 is 31.7 Å². The van der Waals surface area contributed by atoms with Crippen LogP contribution in [-0.4, -0.2) is 264 Å². The van der Waals surface area contributed by atoms with Crippen molar-refractivity contribution in [3.8, 4) is 0 Å². The number of likely N-dealkylation sites (tertiary alicyclic amines) is 2. The van der Waals surface area contributed by atoms with Crippen LogP contribution < -0.4 is 21.9 Å². The number of imidazole rings is 2. The first-order chi connectivity index (χ1) is 58.8. The maximum absolute atomic E-state index is 11.4. The van der Waals surface area contributed by atoms with E-state index >= 15 is 0 Å². The number of hydrogen-bond acceptors (Lipinski definition) is 19. The van der Waals surface area contributed by atoms with E-state index in [1.165, 1.54) is 125 Å². The monoisotopic (exact) mass is 1910 g/mol. The molecule has 7 N–H and O–H groups in total.